The SMILES string of the molecule is CC(C)NCc1ccoc1COCc1ccccc1Br. The molecule has 0 saturated heterocycles. The van der Waals surface area contributed by atoms with Gasteiger partial charge in [-0.05, 0) is 17.7 Å². The average molecular weight is 338 g/mol. The van der Waals surface area contributed by atoms with Gasteiger partial charge >= 0.3 is 0 Å². The summed E-state index contributed by atoms with van der Waals surface area (Å²) >= 11 is 3.52. The zero-order valence-electron chi connectivity index (χ0n) is 11.9. The number of ether oxygens (including phenoxy) is 1. The highest BCUT2D eigenvalue weighted by molar-refractivity contribution is 9.10. The van der Waals surface area contributed by atoms with Crippen LogP contribution in [-0.2, 0) is 24.5 Å². The van der Waals surface area contributed by atoms with E-state index < -0.39 is 0 Å². The van der Waals surface area contributed by atoms with Gasteiger partial charge < -0.3 is 14.5 Å². The van der Waals surface area contributed by atoms with Crippen molar-refractivity contribution >= 4 is 15.9 Å². The Labute approximate surface area is 128 Å². The van der Waals surface area contributed by atoms with Crippen molar-refractivity contribution in [1.29, 1.82) is 0 Å². The predicted octanol–water partition coefficient (Wildman–Crippen LogP) is 4.26. The molecule has 0 aliphatic heterocycles. The van der Waals surface area contributed by atoms with Crippen LogP contribution in [0.2, 0.25) is 0 Å². The Morgan fingerprint density at radius 2 is 1.95 bits per heavy atom. The molecule has 0 saturated carbocycles. The van der Waals surface area contributed by atoms with Crippen LogP contribution in [0.1, 0.15) is 30.7 Å². The van der Waals surface area contributed by atoms with Crippen molar-refractivity contribution in [3.05, 3.63) is 58.0 Å². The van der Waals surface area contributed by atoms with Gasteiger partial charge in [-0.15, -0.1) is 0 Å². The summed E-state index contributed by atoms with van der Waals surface area (Å²) in [6, 6.07) is 10.5. The van der Waals surface area contributed by atoms with Gasteiger partial charge in [0.15, 0.2) is 0 Å². The monoisotopic (exact) mass is 337 g/mol. The second kappa shape index (κ2) is 7.62. The number of benzene rings is 1. The van der Waals surface area contributed by atoms with Crippen LogP contribution in [0.3, 0.4) is 0 Å². The van der Waals surface area contributed by atoms with Crippen LogP contribution in [0.5, 0.6) is 0 Å². The highest BCUT2D eigenvalue weighted by Crippen LogP contribution is 2.18. The van der Waals surface area contributed by atoms with Crippen molar-refractivity contribution in [2.75, 3.05) is 0 Å². The number of nitrogens with one attached hydrogen (secondary N) is 1. The fourth-order valence-electron chi connectivity index (χ4n) is 1.83. The molecule has 0 amide bonds. The third-order valence-electron chi connectivity index (χ3n) is 2.99. The summed E-state index contributed by atoms with van der Waals surface area (Å²) < 4.78 is 12.3. The Bertz CT molecular complexity index is 537. The number of hydrogen-bond acceptors (Lipinski definition) is 3. The molecule has 0 spiro atoms. The number of furan rings is 1. The summed E-state index contributed by atoms with van der Waals surface area (Å²) in [6.45, 7) is 6.12. The van der Waals surface area contributed by atoms with Crippen molar-refractivity contribution in [3.63, 3.8) is 0 Å². The maximum absolute atomic E-state index is 5.74. The molecule has 1 aromatic heterocycles. The molecule has 2 rings (SSSR count). The summed E-state index contributed by atoms with van der Waals surface area (Å²) in [4.78, 5) is 0. The van der Waals surface area contributed by atoms with Crippen LogP contribution in [0.4, 0.5) is 0 Å². The average Bonchev–Trinajstić information content (AvgIpc) is 2.86. The normalized spacial score (nSPS) is 11.2. The summed E-state index contributed by atoms with van der Waals surface area (Å²) in [5.41, 5.74) is 2.30. The maximum atomic E-state index is 5.74. The fraction of sp³-hybridized carbons (Fsp3) is 0.375. The highest BCUT2D eigenvalue weighted by atomic mass is 79.9. The van der Waals surface area contributed by atoms with Crippen LogP contribution < -0.4 is 5.32 Å². The quantitative estimate of drug-likeness (QED) is 0.819. The molecule has 3 nitrogen and oxygen atoms in total. The molecule has 0 bridgehead atoms. The molecule has 0 unspecified atom stereocenters. The van der Waals surface area contributed by atoms with Gasteiger partial charge in [0.05, 0.1) is 12.9 Å². The van der Waals surface area contributed by atoms with Crippen LogP contribution >= 0.6 is 15.9 Å². The molecule has 0 fully saturated rings. The van der Waals surface area contributed by atoms with E-state index in [1.807, 2.05) is 30.3 Å². The molecule has 108 valence electrons. The van der Waals surface area contributed by atoms with E-state index in [-0.39, 0.29) is 0 Å². The molecular formula is C16H20BrNO2. The molecule has 0 atom stereocenters. The number of rotatable bonds is 7. The molecule has 1 N–H and O–H groups in total. The number of hydrogen-bond donors (Lipinski definition) is 1. The van der Waals surface area contributed by atoms with Gasteiger partial charge in [-0.1, -0.05) is 48.0 Å². The third kappa shape index (κ3) is 4.47. The van der Waals surface area contributed by atoms with E-state index in [1.54, 1.807) is 6.26 Å². The Morgan fingerprint density at radius 1 is 1.15 bits per heavy atom. The second-order valence-corrected chi connectivity index (χ2v) is 5.84. The minimum atomic E-state index is 0.457. The van der Waals surface area contributed by atoms with Crippen molar-refractivity contribution in [1.82, 2.24) is 5.32 Å². The molecule has 0 aliphatic rings. The van der Waals surface area contributed by atoms with E-state index in [0.717, 1.165) is 27.9 Å². The van der Waals surface area contributed by atoms with Crippen LogP contribution in [-0.4, -0.2) is 6.04 Å². The van der Waals surface area contributed by atoms with Crippen molar-refractivity contribution in [2.24, 2.45) is 0 Å². The first kappa shape index (κ1) is 15.3. The zero-order valence-corrected chi connectivity index (χ0v) is 13.4. The highest BCUT2D eigenvalue weighted by Gasteiger charge is 2.07. The zero-order chi connectivity index (χ0) is 14.4. The van der Waals surface area contributed by atoms with E-state index in [2.05, 4.69) is 35.1 Å². The Balaban J connectivity index is 1.85. The van der Waals surface area contributed by atoms with Crippen molar-refractivity contribution < 1.29 is 9.15 Å². The van der Waals surface area contributed by atoms with Crippen molar-refractivity contribution in [2.45, 2.75) is 39.6 Å². The standard InChI is InChI=1S/C16H20BrNO2/c1-12(2)18-9-13-7-8-20-16(13)11-19-10-14-5-3-4-6-15(14)17/h3-8,12,18H,9-11H2,1-2H3. The van der Waals surface area contributed by atoms with Gasteiger partial charge in [0, 0.05) is 22.6 Å². The fourth-order valence-corrected chi connectivity index (χ4v) is 2.23. The Hall–Kier alpha value is -1.10. The van der Waals surface area contributed by atoms with Gasteiger partial charge in [-0.3, -0.25) is 0 Å². The summed E-state index contributed by atoms with van der Waals surface area (Å²) in [5.74, 6) is 0.894. The molecular weight excluding hydrogens is 318 g/mol. The smallest absolute Gasteiger partial charge is 0.133 e. The molecule has 20 heavy (non-hydrogen) atoms. The van der Waals surface area contributed by atoms with E-state index in [1.165, 1.54) is 0 Å². The molecule has 1 heterocycles. The molecule has 1 aromatic carbocycles. The lowest BCUT2D eigenvalue weighted by molar-refractivity contribution is 0.0917. The molecule has 2 aromatic rings. The first-order valence-corrected chi connectivity index (χ1v) is 7.56. The Morgan fingerprint density at radius 3 is 2.70 bits per heavy atom. The van der Waals surface area contributed by atoms with Crippen LogP contribution in [0, 0.1) is 0 Å². The lowest BCUT2D eigenvalue weighted by atomic mass is 10.2. The third-order valence-corrected chi connectivity index (χ3v) is 3.76. The number of halogens is 1. The van der Waals surface area contributed by atoms with Gasteiger partial charge in [-0.25, -0.2) is 0 Å². The topological polar surface area (TPSA) is 34.4 Å². The maximum Gasteiger partial charge on any atom is 0.133 e. The lowest BCUT2D eigenvalue weighted by Crippen LogP contribution is -2.22. The lowest BCUT2D eigenvalue weighted by Gasteiger charge is -2.09. The predicted molar refractivity (Wildman–Crippen MR) is 83.3 cm³/mol. The van der Waals surface area contributed by atoms with Crippen LogP contribution in [0.15, 0.2) is 45.5 Å². The van der Waals surface area contributed by atoms with Gasteiger partial charge in [0.1, 0.15) is 12.4 Å². The van der Waals surface area contributed by atoms with Gasteiger partial charge in [0.2, 0.25) is 0 Å². The summed E-state index contributed by atoms with van der Waals surface area (Å²) in [6.07, 6.45) is 1.72. The minimum absolute atomic E-state index is 0.457. The van der Waals surface area contributed by atoms with Crippen LogP contribution in [0.25, 0.3) is 0 Å². The summed E-state index contributed by atoms with van der Waals surface area (Å²) in [7, 11) is 0. The second-order valence-electron chi connectivity index (χ2n) is 4.99. The molecule has 4 heteroatoms. The Kier molecular flexibility index (Phi) is 5.83. The minimum Gasteiger partial charge on any atom is -0.467 e. The van der Waals surface area contributed by atoms with E-state index in [0.29, 0.717) is 19.3 Å². The van der Waals surface area contributed by atoms with E-state index >= 15 is 0 Å². The van der Waals surface area contributed by atoms with Crippen molar-refractivity contribution in [3.8, 4) is 0 Å². The molecule has 0 radical (unpaired) electrons. The molecule has 0 aliphatic carbocycles. The van der Waals surface area contributed by atoms with Gasteiger partial charge in [0.25, 0.3) is 0 Å². The summed E-state index contributed by atoms with van der Waals surface area (Å²) in [5, 5.41) is 3.38. The first-order valence-electron chi connectivity index (χ1n) is 6.76. The van der Waals surface area contributed by atoms with E-state index in [4.69, 9.17) is 9.15 Å². The van der Waals surface area contributed by atoms with Gasteiger partial charge in [-0.2, -0.15) is 0 Å². The first-order chi connectivity index (χ1) is 9.66. The van der Waals surface area contributed by atoms with E-state index in [9.17, 15) is 0 Å². The largest absolute Gasteiger partial charge is 0.467 e.